The fraction of sp³-hybridized carbons (Fsp3) is 0.667. The van der Waals surface area contributed by atoms with E-state index in [1.807, 2.05) is 20.8 Å². The van der Waals surface area contributed by atoms with Crippen LogP contribution in [0.3, 0.4) is 0 Å². The summed E-state index contributed by atoms with van der Waals surface area (Å²) in [6.45, 7) is 5.79. The van der Waals surface area contributed by atoms with Crippen LogP contribution >= 0.6 is 0 Å². The van der Waals surface area contributed by atoms with Crippen LogP contribution in [0.1, 0.15) is 33.6 Å². The molecule has 0 aliphatic carbocycles. The molecule has 0 saturated heterocycles. The normalized spacial score (nSPS) is 14.2. The van der Waals surface area contributed by atoms with Gasteiger partial charge >= 0.3 is 5.97 Å². The Hall–Kier alpha value is -1.41. The van der Waals surface area contributed by atoms with Crippen molar-refractivity contribution in [3.63, 3.8) is 0 Å². The van der Waals surface area contributed by atoms with Crippen LogP contribution in [0.4, 0.5) is 0 Å². The summed E-state index contributed by atoms with van der Waals surface area (Å²) in [5.74, 6) is -1.03. The molecule has 114 valence electrons. The van der Waals surface area contributed by atoms with Crippen molar-refractivity contribution >= 4 is 16.0 Å². The highest BCUT2D eigenvalue weighted by molar-refractivity contribution is 7.89. The maximum absolute atomic E-state index is 12.2. The van der Waals surface area contributed by atoms with E-state index >= 15 is 0 Å². The van der Waals surface area contributed by atoms with Gasteiger partial charge in [0.05, 0.1) is 12.6 Å². The second-order valence-corrected chi connectivity index (χ2v) is 7.74. The molecule has 2 N–H and O–H groups in total. The molecule has 0 bridgehead atoms. The molecule has 20 heavy (non-hydrogen) atoms. The molecule has 0 aliphatic rings. The Bertz CT molecular complexity index is 572. The van der Waals surface area contributed by atoms with Crippen molar-refractivity contribution in [2.45, 2.75) is 44.6 Å². The molecule has 0 aromatic carbocycles. The lowest BCUT2D eigenvalue weighted by molar-refractivity contribution is -0.137. The minimum absolute atomic E-state index is 0.0318. The molecule has 1 atom stereocenters. The Morgan fingerprint density at radius 1 is 1.50 bits per heavy atom. The quantitative estimate of drug-likeness (QED) is 0.815. The molecule has 1 unspecified atom stereocenters. The SMILES string of the molecule is Cn1cc(S(=O)(=O)NC(CC(=O)O)CC(C)(C)C)cn1. The number of carboxylic acids is 1. The average Bonchev–Trinajstić information content (AvgIpc) is 2.60. The van der Waals surface area contributed by atoms with Crippen LogP contribution in [0.25, 0.3) is 0 Å². The number of hydrogen-bond donors (Lipinski definition) is 2. The van der Waals surface area contributed by atoms with Gasteiger partial charge in [0, 0.05) is 19.3 Å². The Labute approximate surface area is 119 Å². The van der Waals surface area contributed by atoms with Crippen LogP contribution in [0.2, 0.25) is 0 Å². The zero-order chi connectivity index (χ0) is 15.6. The Morgan fingerprint density at radius 2 is 2.10 bits per heavy atom. The van der Waals surface area contributed by atoms with Crippen LogP contribution < -0.4 is 4.72 Å². The first-order chi connectivity index (χ1) is 8.99. The van der Waals surface area contributed by atoms with Gasteiger partial charge in [-0.2, -0.15) is 5.10 Å². The molecular formula is C12H21N3O4S. The lowest BCUT2D eigenvalue weighted by atomic mass is 9.87. The summed E-state index contributed by atoms with van der Waals surface area (Å²) in [5.41, 5.74) is -0.183. The average molecular weight is 303 g/mol. The zero-order valence-corrected chi connectivity index (χ0v) is 12.9. The first kappa shape index (κ1) is 16.6. The van der Waals surface area contributed by atoms with Crippen molar-refractivity contribution in [2.75, 3.05) is 0 Å². The Balaban J connectivity index is 2.91. The Kier molecular flexibility index (Phi) is 4.93. The number of carbonyl (C=O) groups is 1. The first-order valence-corrected chi connectivity index (χ1v) is 7.71. The summed E-state index contributed by atoms with van der Waals surface area (Å²) in [6.07, 6.45) is 2.78. The molecule has 1 rings (SSSR count). The second kappa shape index (κ2) is 5.92. The number of rotatable bonds is 6. The third-order valence-electron chi connectivity index (χ3n) is 2.59. The number of hydrogen-bond acceptors (Lipinski definition) is 4. The standard InChI is InChI=1S/C12H21N3O4S/c1-12(2,3)6-9(5-11(16)17)14-20(18,19)10-7-13-15(4)8-10/h7-9,14H,5-6H2,1-4H3,(H,16,17). The third-order valence-corrected chi connectivity index (χ3v) is 4.07. The number of nitrogens with one attached hydrogen (secondary N) is 1. The number of aryl methyl sites for hydroxylation is 1. The van der Waals surface area contributed by atoms with Gasteiger partial charge in [0.25, 0.3) is 0 Å². The fourth-order valence-electron chi connectivity index (χ4n) is 1.93. The van der Waals surface area contributed by atoms with Crippen LogP contribution in [-0.4, -0.2) is 35.3 Å². The maximum Gasteiger partial charge on any atom is 0.304 e. The van der Waals surface area contributed by atoms with E-state index in [-0.39, 0.29) is 16.7 Å². The predicted octanol–water partition coefficient (Wildman–Crippen LogP) is 0.978. The number of aromatic nitrogens is 2. The van der Waals surface area contributed by atoms with Crippen molar-refractivity contribution in [2.24, 2.45) is 12.5 Å². The molecule has 1 heterocycles. The van der Waals surface area contributed by atoms with E-state index in [9.17, 15) is 13.2 Å². The van der Waals surface area contributed by atoms with E-state index in [2.05, 4.69) is 9.82 Å². The molecule has 0 spiro atoms. The number of carboxylic acid groups (broad SMARTS) is 1. The molecule has 1 aromatic rings. The minimum Gasteiger partial charge on any atom is -0.481 e. The largest absolute Gasteiger partial charge is 0.481 e. The predicted molar refractivity (Wildman–Crippen MR) is 73.6 cm³/mol. The molecule has 8 heteroatoms. The van der Waals surface area contributed by atoms with E-state index in [1.165, 1.54) is 17.1 Å². The van der Waals surface area contributed by atoms with Crippen LogP contribution in [0.5, 0.6) is 0 Å². The van der Waals surface area contributed by atoms with Crippen LogP contribution in [0, 0.1) is 5.41 Å². The van der Waals surface area contributed by atoms with Gasteiger partial charge in [0.15, 0.2) is 0 Å². The molecule has 7 nitrogen and oxygen atoms in total. The summed E-state index contributed by atoms with van der Waals surface area (Å²) in [7, 11) is -2.14. The number of nitrogens with zero attached hydrogens (tertiary/aromatic N) is 2. The fourth-order valence-corrected chi connectivity index (χ4v) is 3.15. The van der Waals surface area contributed by atoms with Gasteiger partial charge in [-0.05, 0) is 11.8 Å². The van der Waals surface area contributed by atoms with Crippen molar-refractivity contribution in [3.8, 4) is 0 Å². The first-order valence-electron chi connectivity index (χ1n) is 6.22. The summed E-state index contributed by atoms with van der Waals surface area (Å²) in [6, 6.07) is -0.655. The van der Waals surface area contributed by atoms with E-state index < -0.39 is 22.0 Å². The van der Waals surface area contributed by atoms with E-state index in [0.717, 1.165) is 0 Å². The van der Waals surface area contributed by atoms with Gasteiger partial charge in [-0.1, -0.05) is 20.8 Å². The summed E-state index contributed by atoms with van der Waals surface area (Å²) in [5, 5.41) is 12.7. The van der Waals surface area contributed by atoms with Gasteiger partial charge in [0.2, 0.25) is 10.0 Å². The maximum atomic E-state index is 12.2. The lowest BCUT2D eigenvalue weighted by Gasteiger charge is -2.25. The van der Waals surface area contributed by atoms with Gasteiger partial charge in [-0.3, -0.25) is 9.48 Å². The van der Waals surface area contributed by atoms with Gasteiger partial charge in [-0.15, -0.1) is 0 Å². The van der Waals surface area contributed by atoms with Crippen LogP contribution in [0.15, 0.2) is 17.3 Å². The van der Waals surface area contributed by atoms with E-state index in [4.69, 9.17) is 5.11 Å². The molecule has 0 amide bonds. The minimum atomic E-state index is -3.75. The highest BCUT2D eigenvalue weighted by Crippen LogP contribution is 2.23. The highest BCUT2D eigenvalue weighted by atomic mass is 32.2. The van der Waals surface area contributed by atoms with Crippen molar-refractivity contribution < 1.29 is 18.3 Å². The number of aliphatic carboxylic acids is 1. The topological polar surface area (TPSA) is 101 Å². The monoisotopic (exact) mass is 303 g/mol. The molecular weight excluding hydrogens is 282 g/mol. The van der Waals surface area contributed by atoms with Crippen molar-refractivity contribution in [1.29, 1.82) is 0 Å². The van der Waals surface area contributed by atoms with Gasteiger partial charge in [0.1, 0.15) is 4.90 Å². The highest BCUT2D eigenvalue weighted by Gasteiger charge is 2.27. The van der Waals surface area contributed by atoms with Crippen LogP contribution in [-0.2, 0) is 21.9 Å². The smallest absolute Gasteiger partial charge is 0.304 e. The molecule has 1 aromatic heterocycles. The molecule has 0 fully saturated rings. The summed E-state index contributed by atoms with van der Waals surface area (Å²) in [4.78, 5) is 10.9. The van der Waals surface area contributed by atoms with Gasteiger partial charge < -0.3 is 5.11 Å². The summed E-state index contributed by atoms with van der Waals surface area (Å²) < 4.78 is 28.2. The molecule has 0 saturated carbocycles. The number of sulfonamides is 1. The van der Waals surface area contributed by atoms with Crippen molar-refractivity contribution in [3.05, 3.63) is 12.4 Å². The van der Waals surface area contributed by atoms with E-state index in [1.54, 1.807) is 7.05 Å². The van der Waals surface area contributed by atoms with Gasteiger partial charge in [-0.25, -0.2) is 13.1 Å². The van der Waals surface area contributed by atoms with Crippen molar-refractivity contribution in [1.82, 2.24) is 14.5 Å². The summed E-state index contributed by atoms with van der Waals surface area (Å²) >= 11 is 0. The van der Waals surface area contributed by atoms with E-state index in [0.29, 0.717) is 6.42 Å². The molecule has 0 aliphatic heterocycles. The zero-order valence-electron chi connectivity index (χ0n) is 12.1. The lowest BCUT2D eigenvalue weighted by Crippen LogP contribution is -2.38. The third kappa shape index (κ3) is 5.30. The second-order valence-electron chi connectivity index (χ2n) is 6.03. The molecule has 0 radical (unpaired) electrons. The Morgan fingerprint density at radius 3 is 2.50 bits per heavy atom.